The van der Waals surface area contributed by atoms with Crippen LogP contribution in [0.25, 0.3) is 11.1 Å². The highest BCUT2D eigenvalue weighted by Gasteiger charge is 2.28. The van der Waals surface area contributed by atoms with Gasteiger partial charge in [0.1, 0.15) is 6.54 Å². The van der Waals surface area contributed by atoms with E-state index in [1.807, 2.05) is 18.2 Å². The number of carbonyl (C=O) groups excluding carboxylic acids is 1. The molecule has 8 nitrogen and oxygen atoms in total. The van der Waals surface area contributed by atoms with Gasteiger partial charge in [-0.25, -0.2) is 13.2 Å². The van der Waals surface area contributed by atoms with E-state index in [9.17, 15) is 18.0 Å². The van der Waals surface area contributed by atoms with E-state index in [2.05, 4.69) is 6.58 Å². The van der Waals surface area contributed by atoms with Gasteiger partial charge in [-0.3, -0.25) is 9.36 Å². The number of fused-ring (bicyclic) bond motifs is 1. The lowest BCUT2D eigenvalue weighted by Crippen LogP contribution is -2.35. The second-order valence-electron chi connectivity index (χ2n) is 7.32. The summed E-state index contributed by atoms with van der Waals surface area (Å²) in [5.41, 5.74) is 1.19. The molecule has 2 heterocycles. The van der Waals surface area contributed by atoms with E-state index in [-0.39, 0.29) is 29.5 Å². The summed E-state index contributed by atoms with van der Waals surface area (Å²) < 4.78 is 33.5. The van der Waals surface area contributed by atoms with Crippen LogP contribution < -0.4 is 10.7 Å². The van der Waals surface area contributed by atoms with Crippen molar-refractivity contribution in [2.75, 3.05) is 24.5 Å². The SMILES string of the molecule is C=CCN(C(=O)Cn1c(=O)oc2cc(S(=O)(=O)N3CCCC3)ccc21)c1ccccc1. The van der Waals surface area contributed by atoms with Crippen LogP contribution in [0.3, 0.4) is 0 Å². The van der Waals surface area contributed by atoms with Crippen molar-refractivity contribution in [3.8, 4) is 0 Å². The van der Waals surface area contributed by atoms with Gasteiger partial charge < -0.3 is 9.32 Å². The average Bonchev–Trinajstić information content (AvgIpc) is 3.41. The van der Waals surface area contributed by atoms with E-state index in [1.54, 1.807) is 18.2 Å². The molecule has 0 N–H and O–H groups in total. The third-order valence-electron chi connectivity index (χ3n) is 5.32. The third-order valence-corrected chi connectivity index (χ3v) is 7.21. The number of amides is 1. The molecular weight excluding hydrogens is 418 g/mol. The number of para-hydroxylation sites is 1. The maximum absolute atomic E-state index is 13.0. The van der Waals surface area contributed by atoms with Crippen molar-refractivity contribution < 1.29 is 17.6 Å². The number of oxazole rings is 1. The van der Waals surface area contributed by atoms with E-state index in [1.165, 1.54) is 32.0 Å². The molecule has 1 fully saturated rings. The first kappa shape index (κ1) is 21.1. The van der Waals surface area contributed by atoms with Gasteiger partial charge in [-0.1, -0.05) is 24.3 Å². The Hall–Kier alpha value is -3.17. The molecule has 31 heavy (non-hydrogen) atoms. The Morgan fingerprint density at radius 1 is 1.13 bits per heavy atom. The first-order valence-corrected chi connectivity index (χ1v) is 11.5. The number of rotatable bonds is 7. The van der Waals surface area contributed by atoms with Gasteiger partial charge in [0.25, 0.3) is 0 Å². The van der Waals surface area contributed by atoms with Crippen LogP contribution in [-0.4, -0.2) is 42.8 Å². The number of hydrogen-bond acceptors (Lipinski definition) is 5. The van der Waals surface area contributed by atoms with Crippen molar-refractivity contribution in [3.05, 3.63) is 71.7 Å². The summed E-state index contributed by atoms with van der Waals surface area (Å²) in [5, 5.41) is 0. The number of hydrogen-bond donors (Lipinski definition) is 0. The van der Waals surface area contributed by atoms with Crippen LogP contribution in [0, 0.1) is 0 Å². The zero-order valence-corrected chi connectivity index (χ0v) is 17.8. The molecule has 0 atom stereocenters. The molecule has 0 unspecified atom stereocenters. The standard InChI is InChI=1S/C22H23N3O5S/c1-2-12-24(17-8-4-3-5-9-17)21(26)16-25-19-11-10-18(15-20(19)30-22(25)27)31(28,29)23-13-6-7-14-23/h2-5,8-11,15H,1,6-7,12-14,16H2. The predicted octanol–water partition coefficient (Wildman–Crippen LogP) is 2.60. The van der Waals surface area contributed by atoms with Gasteiger partial charge in [0.05, 0.1) is 10.4 Å². The zero-order chi connectivity index (χ0) is 22.0. The smallest absolute Gasteiger partial charge is 0.408 e. The molecule has 0 spiro atoms. The number of carbonyl (C=O) groups is 1. The molecule has 162 valence electrons. The van der Waals surface area contributed by atoms with Crippen molar-refractivity contribution >= 4 is 32.7 Å². The first-order valence-electron chi connectivity index (χ1n) is 10.0. The Kier molecular flexibility index (Phi) is 5.79. The lowest BCUT2D eigenvalue weighted by molar-refractivity contribution is -0.119. The number of aromatic nitrogens is 1. The van der Waals surface area contributed by atoms with E-state index in [0.717, 1.165) is 12.8 Å². The molecular formula is C22H23N3O5S. The largest absolute Gasteiger partial charge is 0.420 e. The first-order chi connectivity index (χ1) is 14.9. The second kappa shape index (κ2) is 8.52. The van der Waals surface area contributed by atoms with E-state index in [4.69, 9.17) is 4.42 Å². The third kappa shape index (κ3) is 4.06. The number of anilines is 1. The van der Waals surface area contributed by atoms with Crippen molar-refractivity contribution in [2.45, 2.75) is 24.3 Å². The van der Waals surface area contributed by atoms with Gasteiger partial charge in [0, 0.05) is 31.4 Å². The van der Waals surface area contributed by atoms with Gasteiger partial charge in [0.15, 0.2) is 5.58 Å². The van der Waals surface area contributed by atoms with Gasteiger partial charge >= 0.3 is 5.76 Å². The normalized spacial score (nSPS) is 14.7. The molecule has 2 aromatic carbocycles. The summed E-state index contributed by atoms with van der Waals surface area (Å²) in [6.45, 7) is 4.71. The lowest BCUT2D eigenvalue weighted by atomic mass is 10.2. The molecule has 0 saturated carbocycles. The minimum absolute atomic E-state index is 0.0756. The van der Waals surface area contributed by atoms with Gasteiger partial charge in [-0.15, -0.1) is 6.58 Å². The molecule has 1 aliphatic heterocycles. The van der Waals surface area contributed by atoms with Crippen LogP contribution in [0.1, 0.15) is 12.8 Å². The summed E-state index contributed by atoms with van der Waals surface area (Å²) >= 11 is 0. The molecule has 3 aromatic rings. The molecule has 1 aromatic heterocycles. The van der Waals surface area contributed by atoms with Crippen molar-refractivity contribution in [1.29, 1.82) is 0 Å². The fourth-order valence-corrected chi connectivity index (χ4v) is 5.28. The van der Waals surface area contributed by atoms with Crippen LogP contribution in [0.15, 0.2) is 75.3 Å². The molecule has 0 bridgehead atoms. The van der Waals surface area contributed by atoms with Gasteiger partial charge in [0.2, 0.25) is 15.9 Å². The molecule has 4 rings (SSSR count). The molecule has 1 saturated heterocycles. The van der Waals surface area contributed by atoms with Crippen LogP contribution in [-0.2, 0) is 21.4 Å². The molecule has 1 aliphatic rings. The zero-order valence-electron chi connectivity index (χ0n) is 16.9. The van der Waals surface area contributed by atoms with E-state index >= 15 is 0 Å². The summed E-state index contributed by atoms with van der Waals surface area (Å²) in [6.07, 6.45) is 3.27. The van der Waals surface area contributed by atoms with Gasteiger partial charge in [-0.2, -0.15) is 4.31 Å². The highest BCUT2D eigenvalue weighted by Crippen LogP contribution is 2.24. The Morgan fingerprint density at radius 3 is 2.52 bits per heavy atom. The highest BCUT2D eigenvalue weighted by molar-refractivity contribution is 7.89. The van der Waals surface area contributed by atoms with Gasteiger partial charge in [-0.05, 0) is 37.1 Å². The Bertz CT molecular complexity index is 1270. The number of sulfonamides is 1. The lowest BCUT2D eigenvalue weighted by Gasteiger charge is -2.21. The minimum Gasteiger partial charge on any atom is -0.408 e. The van der Waals surface area contributed by atoms with Crippen molar-refractivity contribution in [2.24, 2.45) is 0 Å². The Labute approximate surface area is 180 Å². The fourth-order valence-electron chi connectivity index (χ4n) is 3.74. The molecule has 9 heteroatoms. The minimum atomic E-state index is -3.64. The van der Waals surface area contributed by atoms with Crippen molar-refractivity contribution in [1.82, 2.24) is 8.87 Å². The summed E-state index contributed by atoms with van der Waals surface area (Å²) in [6, 6.07) is 13.4. The van der Waals surface area contributed by atoms with Crippen molar-refractivity contribution in [3.63, 3.8) is 0 Å². The van der Waals surface area contributed by atoms with Crippen LogP contribution >= 0.6 is 0 Å². The van der Waals surface area contributed by atoms with E-state index in [0.29, 0.717) is 24.3 Å². The summed E-state index contributed by atoms with van der Waals surface area (Å²) in [5.74, 6) is -1.03. The fraction of sp³-hybridized carbons (Fsp3) is 0.273. The summed E-state index contributed by atoms with van der Waals surface area (Å²) in [4.78, 5) is 27.0. The highest BCUT2D eigenvalue weighted by atomic mass is 32.2. The van der Waals surface area contributed by atoms with Crippen LogP contribution in [0.5, 0.6) is 0 Å². The molecule has 0 radical (unpaired) electrons. The quantitative estimate of drug-likeness (QED) is 0.526. The Morgan fingerprint density at radius 2 is 1.84 bits per heavy atom. The Balaban J connectivity index is 1.65. The molecule has 1 amide bonds. The maximum atomic E-state index is 13.0. The predicted molar refractivity (Wildman–Crippen MR) is 117 cm³/mol. The monoisotopic (exact) mass is 441 g/mol. The van der Waals surface area contributed by atoms with Crippen LogP contribution in [0.2, 0.25) is 0 Å². The van der Waals surface area contributed by atoms with Crippen LogP contribution in [0.4, 0.5) is 5.69 Å². The average molecular weight is 442 g/mol. The second-order valence-corrected chi connectivity index (χ2v) is 9.26. The topological polar surface area (TPSA) is 92.8 Å². The maximum Gasteiger partial charge on any atom is 0.420 e. The molecule has 0 aliphatic carbocycles. The number of benzene rings is 2. The van der Waals surface area contributed by atoms with E-state index < -0.39 is 15.8 Å². The summed E-state index contributed by atoms with van der Waals surface area (Å²) in [7, 11) is -3.64. The number of nitrogens with zero attached hydrogens (tertiary/aromatic N) is 3.